The van der Waals surface area contributed by atoms with Crippen LogP contribution in [0.25, 0.3) is 15.8 Å². The summed E-state index contributed by atoms with van der Waals surface area (Å²) in [4.78, 5) is 12.2. The first kappa shape index (κ1) is 10.8. The number of nitrogens with zero attached hydrogens (tertiary/aromatic N) is 1. The molecule has 1 aromatic heterocycles. The lowest BCUT2D eigenvalue weighted by Crippen LogP contribution is -2.10. The van der Waals surface area contributed by atoms with Gasteiger partial charge >= 0.3 is 0 Å². The highest BCUT2D eigenvalue weighted by atomic mass is 32.1. The molecule has 0 amide bonds. The van der Waals surface area contributed by atoms with Gasteiger partial charge in [0.05, 0.1) is 15.8 Å². The number of rotatable bonds is 1. The third-order valence-electron chi connectivity index (χ3n) is 2.76. The van der Waals surface area contributed by atoms with Crippen molar-refractivity contribution in [3.05, 3.63) is 64.4 Å². The molecule has 1 heterocycles. The summed E-state index contributed by atoms with van der Waals surface area (Å²) >= 11 is 1.44. The van der Waals surface area contributed by atoms with E-state index in [2.05, 4.69) is 5.92 Å². The summed E-state index contributed by atoms with van der Waals surface area (Å²) in [6.45, 7) is 0. The van der Waals surface area contributed by atoms with Crippen molar-refractivity contribution in [2.45, 2.75) is 0 Å². The molecule has 0 aliphatic rings. The molecule has 86 valence electrons. The number of benzene rings is 2. The molecule has 0 bridgehead atoms. The Hall–Kier alpha value is -2.31. The normalized spacial score (nSPS) is 10.4. The first-order chi connectivity index (χ1) is 8.79. The van der Waals surface area contributed by atoms with Gasteiger partial charge in [-0.3, -0.25) is 4.79 Å². The molecule has 0 saturated carbocycles. The third kappa shape index (κ3) is 1.64. The Morgan fingerprint density at radius 3 is 2.44 bits per heavy atom. The monoisotopic (exact) mass is 251 g/mol. The van der Waals surface area contributed by atoms with Crippen LogP contribution in [0.5, 0.6) is 0 Å². The van der Waals surface area contributed by atoms with Crippen LogP contribution in [0.1, 0.15) is 5.56 Å². The zero-order valence-electron chi connectivity index (χ0n) is 9.46. The van der Waals surface area contributed by atoms with E-state index in [1.165, 1.54) is 11.5 Å². The highest BCUT2D eigenvalue weighted by Gasteiger charge is 2.07. The second-order valence-electron chi connectivity index (χ2n) is 3.88. The number of terminal acetylenes is 1. The van der Waals surface area contributed by atoms with Gasteiger partial charge in [0.1, 0.15) is 0 Å². The highest BCUT2D eigenvalue weighted by molar-refractivity contribution is 7.14. The van der Waals surface area contributed by atoms with Crippen LogP contribution in [0.15, 0.2) is 53.3 Å². The lowest BCUT2D eigenvalue weighted by molar-refractivity contribution is 1.14. The van der Waals surface area contributed by atoms with Gasteiger partial charge in [0, 0.05) is 5.56 Å². The minimum absolute atomic E-state index is 0.0176. The second-order valence-corrected chi connectivity index (χ2v) is 4.87. The summed E-state index contributed by atoms with van der Waals surface area (Å²) in [5.74, 6) is 2.56. The number of hydrogen-bond acceptors (Lipinski definition) is 2. The second kappa shape index (κ2) is 4.17. The summed E-state index contributed by atoms with van der Waals surface area (Å²) in [6, 6.07) is 15.0. The molecule has 0 radical (unpaired) electrons. The molecule has 2 nitrogen and oxygen atoms in total. The predicted molar refractivity (Wildman–Crippen MR) is 75.4 cm³/mol. The van der Waals surface area contributed by atoms with E-state index >= 15 is 0 Å². The van der Waals surface area contributed by atoms with Crippen molar-refractivity contribution >= 4 is 21.6 Å². The van der Waals surface area contributed by atoms with E-state index in [1.54, 1.807) is 3.96 Å². The number of fused-ring (bicyclic) bond motifs is 1. The smallest absolute Gasteiger partial charge is 0.267 e. The fraction of sp³-hybridized carbons (Fsp3) is 0. The van der Waals surface area contributed by atoms with Gasteiger partial charge in [0.15, 0.2) is 0 Å². The van der Waals surface area contributed by atoms with Gasteiger partial charge in [0.2, 0.25) is 0 Å². The molecule has 3 aromatic rings. The fourth-order valence-corrected chi connectivity index (χ4v) is 2.83. The molecule has 2 aromatic carbocycles. The molecule has 0 N–H and O–H groups in total. The summed E-state index contributed by atoms with van der Waals surface area (Å²) in [6.07, 6.45) is 5.31. The maximum Gasteiger partial charge on any atom is 0.273 e. The van der Waals surface area contributed by atoms with Crippen LogP contribution >= 0.6 is 11.5 Å². The van der Waals surface area contributed by atoms with E-state index in [9.17, 15) is 4.79 Å². The van der Waals surface area contributed by atoms with Crippen LogP contribution in [-0.2, 0) is 0 Å². The van der Waals surface area contributed by atoms with Crippen LogP contribution < -0.4 is 5.56 Å². The number of aromatic nitrogens is 1. The maximum absolute atomic E-state index is 12.2. The van der Waals surface area contributed by atoms with E-state index in [0.717, 1.165) is 21.3 Å². The van der Waals surface area contributed by atoms with Crippen LogP contribution in [0, 0.1) is 12.3 Å². The highest BCUT2D eigenvalue weighted by Crippen LogP contribution is 2.19. The Labute approximate surface area is 108 Å². The quantitative estimate of drug-likeness (QED) is 0.609. The Balaban J connectivity index is 2.22. The SMILES string of the molecule is C#Cc1ccc(-n2sc3ccccc3c2=O)cc1. The molecular formula is C15H9NOS. The summed E-state index contributed by atoms with van der Waals surface area (Å²) in [5.41, 5.74) is 1.68. The fourth-order valence-electron chi connectivity index (χ4n) is 1.84. The molecule has 0 atom stereocenters. The number of hydrogen-bond donors (Lipinski definition) is 0. The minimum Gasteiger partial charge on any atom is -0.267 e. The Morgan fingerprint density at radius 2 is 1.78 bits per heavy atom. The minimum atomic E-state index is 0.0176. The standard InChI is InChI=1S/C15H9NOS/c1-2-11-7-9-12(10-8-11)16-15(17)13-5-3-4-6-14(13)18-16/h1,3-10H. The topological polar surface area (TPSA) is 22.0 Å². The van der Waals surface area contributed by atoms with Crippen LogP contribution in [0.4, 0.5) is 0 Å². The van der Waals surface area contributed by atoms with Gasteiger partial charge in [-0.25, -0.2) is 3.96 Å². The van der Waals surface area contributed by atoms with Crippen molar-refractivity contribution in [1.29, 1.82) is 0 Å². The molecular weight excluding hydrogens is 242 g/mol. The van der Waals surface area contributed by atoms with Gasteiger partial charge in [-0.1, -0.05) is 29.6 Å². The van der Waals surface area contributed by atoms with Crippen molar-refractivity contribution in [3.8, 4) is 18.0 Å². The Morgan fingerprint density at radius 1 is 1.06 bits per heavy atom. The van der Waals surface area contributed by atoms with Crippen molar-refractivity contribution in [3.63, 3.8) is 0 Å². The molecule has 18 heavy (non-hydrogen) atoms. The van der Waals surface area contributed by atoms with Gasteiger partial charge in [0.25, 0.3) is 5.56 Å². The van der Waals surface area contributed by atoms with Gasteiger partial charge in [-0.15, -0.1) is 6.42 Å². The summed E-state index contributed by atoms with van der Waals surface area (Å²) in [5, 5.41) is 0.753. The molecule has 3 heteroatoms. The average Bonchev–Trinajstić information content (AvgIpc) is 2.77. The van der Waals surface area contributed by atoms with Crippen LogP contribution in [-0.4, -0.2) is 3.96 Å². The Bertz CT molecular complexity index is 803. The van der Waals surface area contributed by atoms with Gasteiger partial charge < -0.3 is 0 Å². The summed E-state index contributed by atoms with van der Waals surface area (Å²) < 4.78 is 2.67. The Kier molecular flexibility index (Phi) is 2.51. The third-order valence-corrected chi connectivity index (χ3v) is 3.87. The molecule has 0 saturated heterocycles. The zero-order valence-corrected chi connectivity index (χ0v) is 10.3. The van der Waals surface area contributed by atoms with Crippen LogP contribution in [0.2, 0.25) is 0 Å². The molecule has 3 rings (SSSR count). The van der Waals surface area contributed by atoms with Crippen molar-refractivity contribution in [2.75, 3.05) is 0 Å². The van der Waals surface area contributed by atoms with Crippen LogP contribution in [0.3, 0.4) is 0 Å². The largest absolute Gasteiger partial charge is 0.273 e. The lowest BCUT2D eigenvalue weighted by atomic mass is 10.2. The average molecular weight is 251 g/mol. The van der Waals surface area contributed by atoms with E-state index in [4.69, 9.17) is 6.42 Å². The van der Waals surface area contributed by atoms with E-state index < -0.39 is 0 Å². The van der Waals surface area contributed by atoms with Crippen molar-refractivity contribution in [1.82, 2.24) is 3.96 Å². The molecule has 0 spiro atoms. The molecule has 0 fully saturated rings. The van der Waals surface area contributed by atoms with Crippen molar-refractivity contribution < 1.29 is 0 Å². The van der Waals surface area contributed by atoms with Gasteiger partial charge in [-0.05, 0) is 36.4 Å². The molecule has 0 unspecified atom stereocenters. The zero-order chi connectivity index (χ0) is 12.5. The summed E-state index contributed by atoms with van der Waals surface area (Å²) in [7, 11) is 0. The maximum atomic E-state index is 12.2. The lowest BCUT2D eigenvalue weighted by Gasteiger charge is -1.99. The van der Waals surface area contributed by atoms with E-state index in [0.29, 0.717) is 0 Å². The molecule has 0 aliphatic heterocycles. The van der Waals surface area contributed by atoms with E-state index in [-0.39, 0.29) is 5.56 Å². The van der Waals surface area contributed by atoms with E-state index in [1.807, 2.05) is 48.5 Å². The van der Waals surface area contributed by atoms with Crippen molar-refractivity contribution in [2.24, 2.45) is 0 Å². The first-order valence-corrected chi connectivity index (χ1v) is 6.25. The van der Waals surface area contributed by atoms with Gasteiger partial charge in [-0.2, -0.15) is 0 Å². The first-order valence-electron chi connectivity index (χ1n) is 5.48. The predicted octanol–water partition coefficient (Wildman–Crippen LogP) is 3.03. The molecule has 0 aliphatic carbocycles.